The van der Waals surface area contributed by atoms with Crippen LogP contribution in [0, 0.1) is 6.92 Å². The first-order chi connectivity index (χ1) is 15.8. The molecule has 0 aliphatic rings. The Morgan fingerprint density at radius 3 is 2.36 bits per heavy atom. The van der Waals surface area contributed by atoms with Gasteiger partial charge in [0.25, 0.3) is 5.82 Å². The number of ether oxygens (including phenoxy) is 1. The zero-order valence-corrected chi connectivity index (χ0v) is 20.4. The molecule has 3 aromatic carbocycles. The molecule has 0 amide bonds. The number of carbonyl (C=O) groups excluding carboxylic acids is 2. The first kappa shape index (κ1) is 23.2. The molecule has 0 atom stereocenters. The lowest BCUT2D eigenvalue weighted by atomic mass is 10.1. The smallest absolute Gasteiger partial charge is 0.378 e. The molecule has 0 unspecified atom stereocenters. The van der Waals surface area contributed by atoms with Gasteiger partial charge >= 0.3 is 5.97 Å². The highest BCUT2D eigenvalue weighted by molar-refractivity contribution is 9.10. The molecule has 0 spiro atoms. The molecule has 1 aromatic heterocycles. The molecule has 0 saturated carbocycles. The number of aromatic nitrogens is 3. The third-order valence-electron chi connectivity index (χ3n) is 4.79. The number of hydrogen-bond donors (Lipinski definition) is 0. The Morgan fingerprint density at radius 2 is 1.70 bits per heavy atom. The zero-order chi connectivity index (χ0) is 23.5. The van der Waals surface area contributed by atoms with Gasteiger partial charge in [-0.15, -0.1) is 5.10 Å². The Kier molecular flexibility index (Phi) is 6.93. The molecule has 1 heterocycles. The van der Waals surface area contributed by atoms with E-state index in [1.165, 1.54) is 4.68 Å². The molecule has 33 heavy (non-hydrogen) atoms. The topological polar surface area (TPSA) is 74.1 Å². The van der Waals surface area contributed by atoms with Gasteiger partial charge in [0.1, 0.15) is 0 Å². The van der Waals surface area contributed by atoms with Crippen LogP contribution in [0.3, 0.4) is 0 Å². The first-order valence-corrected chi connectivity index (χ1v) is 11.3. The number of halogens is 3. The Bertz CT molecular complexity index is 1340. The molecule has 4 rings (SSSR count). The summed E-state index contributed by atoms with van der Waals surface area (Å²) in [4.78, 5) is 29.4. The van der Waals surface area contributed by atoms with E-state index >= 15 is 0 Å². The van der Waals surface area contributed by atoms with E-state index in [0.29, 0.717) is 32.7 Å². The van der Waals surface area contributed by atoms with Crippen molar-refractivity contribution in [2.75, 3.05) is 6.61 Å². The molecular weight excluding hydrogens is 529 g/mol. The van der Waals surface area contributed by atoms with Crippen LogP contribution in [0.4, 0.5) is 0 Å². The van der Waals surface area contributed by atoms with Crippen LogP contribution in [-0.4, -0.2) is 33.1 Å². The van der Waals surface area contributed by atoms with E-state index in [4.69, 9.17) is 27.9 Å². The summed E-state index contributed by atoms with van der Waals surface area (Å²) in [6.07, 6.45) is 0. The summed E-state index contributed by atoms with van der Waals surface area (Å²) in [5.74, 6) is -0.927. The average Bonchev–Trinajstić information content (AvgIpc) is 3.25. The Morgan fingerprint density at radius 1 is 1.00 bits per heavy atom. The van der Waals surface area contributed by atoms with E-state index in [-0.39, 0.29) is 11.6 Å². The van der Waals surface area contributed by atoms with Crippen molar-refractivity contribution in [1.29, 1.82) is 0 Å². The second kappa shape index (κ2) is 9.87. The Labute approximate surface area is 208 Å². The number of Topliss-reactive ketones (excluding diaryl/α,β-unsaturated/α-hetero) is 1. The summed E-state index contributed by atoms with van der Waals surface area (Å²) in [5.41, 5.74) is 2.64. The average molecular weight is 545 g/mol. The standard InChI is InChI=1S/C24H16BrCl2N3O3/c1-14-2-11-19(12-20(14)27)30-23(16-5-9-18(26)10-6-16)28-22(29-30)24(32)33-13-21(31)15-3-7-17(25)8-4-15/h2-12H,13H2,1H3. The maximum atomic E-state index is 12.7. The maximum Gasteiger partial charge on any atom is 0.378 e. The number of aryl methyl sites for hydroxylation is 1. The van der Waals surface area contributed by atoms with Gasteiger partial charge in [-0.3, -0.25) is 4.79 Å². The van der Waals surface area contributed by atoms with Crippen molar-refractivity contribution in [2.45, 2.75) is 6.92 Å². The Balaban J connectivity index is 1.63. The van der Waals surface area contributed by atoms with Gasteiger partial charge in [-0.1, -0.05) is 57.3 Å². The van der Waals surface area contributed by atoms with Gasteiger partial charge in [-0.05, 0) is 61.0 Å². The lowest BCUT2D eigenvalue weighted by Gasteiger charge is -2.07. The fourth-order valence-corrected chi connectivity index (χ4v) is 3.56. The second-order valence-electron chi connectivity index (χ2n) is 7.12. The molecular formula is C24H16BrCl2N3O3. The summed E-state index contributed by atoms with van der Waals surface area (Å²) in [5, 5.41) is 5.45. The maximum absolute atomic E-state index is 12.7. The predicted molar refractivity (Wildman–Crippen MR) is 130 cm³/mol. The number of ketones is 1. The van der Waals surface area contributed by atoms with Crippen molar-refractivity contribution in [3.63, 3.8) is 0 Å². The zero-order valence-electron chi connectivity index (χ0n) is 17.3. The van der Waals surface area contributed by atoms with Crippen LogP contribution in [0.2, 0.25) is 10.0 Å². The third kappa shape index (κ3) is 5.33. The van der Waals surface area contributed by atoms with Crippen molar-refractivity contribution in [2.24, 2.45) is 0 Å². The molecule has 4 aromatic rings. The minimum absolute atomic E-state index is 0.180. The highest BCUT2D eigenvalue weighted by Crippen LogP contribution is 2.26. The van der Waals surface area contributed by atoms with Crippen molar-refractivity contribution in [3.8, 4) is 17.1 Å². The molecule has 0 N–H and O–H groups in total. The van der Waals surface area contributed by atoms with Crippen LogP contribution in [0.15, 0.2) is 71.2 Å². The Hall–Kier alpha value is -3.00. The van der Waals surface area contributed by atoms with E-state index in [1.807, 2.05) is 19.1 Å². The highest BCUT2D eigenvalue weighted by Gasteiger charge is 2.21. The van der Waals surface area contributed by atoms with Crippen molar-refractivity contribution in [1.82, 2.24) is 14.8 Å². The van der Waals surface area contributed by atoms with Gasteiger partial charge in [0, 0.05) is 25.6 Å². The molecule has 0 aliphatic heterocycles. The number of nitrogens with zero attached hydrogens (tertiary/aromatic N) is 3. The molecule has 0 saturated heterocycles. The SMILES string of the molecule is Cc1ccc(-n2nc(C(=O)OCC(=O)c3ccc(Br)cc3)nc2-c2ccc(Cl)cc2)cc1Cl. The second-order valence-corrected chi connectivity index (χ2v) is 8.88. The summed E-state index contributed by atoms with van der Waals surface area (Å²) >= 11 is 15.6. The summed E-state index contributed by atoms with van der Waals surface area (Å²) in [7, 11) is 0. The lowest BCUT2D eigenvalue weighted by Crippen LogP contribution is -2.15. The molecule has 6 nitrogen and oxygen atoms in total. The van der Waals surface area contributed by atoms with E-state index in [1.54, 1.807) is 54.6 Å². The summed E-state index contributed by atoms with van der Waals surface area (Å²) in [6, 6.07) is 19.1. The van der Waals surface area contributed by atoms with Gasteiger partial charge in [0.05, 0.1) is 5.69 Å². The molecule has 0 aliphatic carbocycles. The minimum Gasteiger partial charge on any atom is -0.451 e. The lowest BCUT2D eigenvalue weighted by molar-refractivity contribution is 0.0462. The van der Waals surface area contributed by atoms with Crippen LogP contribution in [0.1, 0.15) is 26.5 Å². The van der Waals surface area contributed by atoms with E-state index < -0.39 is 12.6 Å². The summed E-state index contributed by atoms with van der Waals surface area (Å²) < 4.78 is 7.54. The van der Waals surface area contributed by atoms with Gasteiger partial charge in [0.2, 0.25) is 0 Å². The van der Waals surface area contributed by atoms with E-state index in [0.717, 1.165) is 10.0 Å². The third-order valence-corrected chi connectivity index (χ3v) is 5.98. The van der Waals surface area contributed by atoms with Crippen LogP contribution in [0.5, 0.6) is 0 Å². The molecule has 0 fully saturated rings. The van der Waals surface area contributed by atoms with Gasteiger partial charge < -0.3 is 4.74 Å². The molecule has 0 radical (unpaired) electrons. The van der Waals surface area contributed by atoms with Crippen LogP contribution >= 0.6 is 39.1 Å². The number of rotatable bonds is 6. The van der Waals surface area contributed by atoms with Gasteiger partial charge in [0.15, 0.2) is 18.2 Å². The molecule has 9 heteroatoms. The van der Waals surface area contributed by atoms with Crippen LogP contribution in [-0.2, 0) is 4.74 Å². The van der Waals surface area contributed by atoms with Crippen molar-refractivity contribution < 1.29 is 14.3 Å². The number of benzene rings is 3. The van der Waals surface area contributed by atoms with E-state index in [9.17, 15) is 9.59 Å². The van der Waals surface area contributed by atoms with Gasteiger partial charge in [-0.25, -0.2) is 14.5 Å². The summed E-state index contributed by atoms with van der Waals surface area (Å²) in [6.45, 7) is 1.46. The number of hydrogen-bond acceptors (Lipinski definition) is 5. The van der Waals surface area contributed by atoms with Crippen molar-refractivity contribution in [3.05, 3.63) is 98.2 Å². The van der Waals surface area contributed by atoms with Crippen molar-refractivity contribution >= 4 is 50.9 Å². The van der Waals surface area contributed by atoms with E-state index in [2.05, 4.69) is 26.0 Å². The quantitative estimate of drug-likeness (QED) is 0.209. The highest BCUT2D eigenvalue weighted by atomic mass is 79.9. The van der Waals surface area contributed by atoms with Gasteiger partial charge in [-0.2, -0.15) is 0 Å². The monoisotopic (exact) mass is 543 g/mol. The fourth-order valence-electron chi connectivity index (χ4n) is 2.99. The number of esters is 1. The molecule has 166 valence electrons. The largest absolute Gasteiger partial charge is 0.451 e. The fraction of sp³-hybridized carbons (Fsp3) is 0.0833. The normalized spacial score (nSPS) is 10.8. The first-order valence-electron chi connectivity index (χ1n) is 9.77. The number of carbonyl (C=O) groups is 2. The van der Waals surface area contributed by atoms with Crippen LogP contribution in [0.25, 0.3) is 17.1 Å². The minimum atomic E-state index is -0.812. The molecule has 0 bridgehead atoms. The predicted octanol–water partition coefficient (Wildman–Crippen LogP) is 6.35. The van der Waals surface area contributed by atoms with Crippen LogP contribution < -0.4 is 0 Å².